The van der Waals surface area contributed by atoms with Gasteiger partial charge in [-0.15, -0.1) is 0 Å². The van der Waals surface area contributed by atoms with Gasteiger partial charge >= 0.3 is 6.03 Å². The average Bonchev–Trinajstić information content (AvgIpc) is 3.21. The second-order valence-electron chi connectivity index (χ2n) is 6.99. The molecule has 5 nitrogen and oxygen atoms in total. The lowest BCUT2D eigenvalue weighted by Gasteiger charge is -2.21. The van der Waals surface area contributed by atoms with Gasteiger partial charge in [0.25, 0.3) is 0 Å². The number of carbonyl (C=O) groups is 1. The number of benzene rings is 1. The standard InChI is InChI=1S/C18H21FN4O/c1-13-6-20-23(7-13)18(24)22-11-15-9-21(10-16(15)12-22)8-14-3-2-4-17(19)5-14/h2-7,15-16H,8-12H2,1H3. The van der Waals surface area contributed by atoms with Gasteiger partial charge in [0, 0.05) is 38.9 Å². The molecular weight excluding hydrogens is 307 g/mol. The van der Waals surface area contributed by atoms with Gasteiger partial charge in [-0.2, -0.15) is 9.78 Å². The second-order valence-corrected chi connectivity index (χ2v) is 6.99. The number of hydrogen-bond donors (Lipinski definition) is 0. The molecule has 0 saturated carbocycles. The Morgan fingerprint density at radius 1 is 1.25 bits per heavy atom. The van der Waals surface area contributed by atoms with E-state index in [2.05, 4.69) is 10.00 Å². The maximum Gasteiger partial charge on any atom is 0.344 e. The molecule has 1 amide bonds. The number of halogens is 1. The summed E-state index contributed by atoms with van der Waals surface area (Å²) in [6.07, 6.45) is 3.47. The summed E-state index contributed by atoms with van der Waals surface area (Å²) in [5.74, 6) is 0.816. The predicted molar refractivity (Wildman–Crippen MR) is 88.0 cm³/mol. The number of rotatable bonds is 2. The molecule has 0 bridgehead atoms. The molecule has 2 aliphatic heterocycles. The van der Waals surface area contributed by atoms with Gasteiger partial charge in [0.1, 0.15) is 5.82 Å². The van der Waals surface area contributed by atoms with Crippen molar-refractivity contribution in [1.82, 2.24) is 19.6 Å². The van der Waals surface area contributed by atoms with Crippen molar-refractivity contribution in [3.8, 4) is 0 Å². The van der Waals surface area contributed by atoms with Crippen molar-refractivity contribution in [3.63, 3.8) is 0 Å². The van der Waals surface area contributed by atoms with Gasteiger partial charge in [0.05, 0.1) is 6.20 Å². The third-order valence-corrected chi connectivity index (χ3v) is 5.04. The van der Waals surface area contributed by atoms with Crippen molar-refractivity contribution in [2.45, 2.75) is 13.5 Å². The van der Waals surface area contributed by atoms with Gasteiger partial charge in [0.2, 0.25) is 0 Å². The minimum atomic E-state index is -0.182. The SMILES string of the molecule is Cc1cnn(C(=O)N2CC3CN(Cc4cccc(F)c4)CC3C2)c1. The Kier molecular flexibility index (Phi) is 3.84. The van der Waals surface area contributed by atoms with E-state index in [-0.39, 0.29) is 11.8 Å². The lowest BCUT2D eigenvalue weighted by molar-refractivity contribution is 0.197. The molecule has 126 valence electrons. The van der Waals surface area contributed by atoms with E-state index >= 15 is 0 Å². The van der Waals surface area contributed by atoms with E-state index < -0.39 is 0 Å². The Morgan fingerprint density at radius 3 is 2.62 bits per heavy atom. The lowest BCUT2D eigenvalue weighted by atomic mass is 10.0. The Hall–Kier alpha value is -2.21. The minimum Gasteiger partial charge on any atom is -0.322 e. The summed E-state index contributed by atoms with van der Waals surface area (Å²) in [7, 11) is 0. The zero-order valence-corrected chi connectivity index (χ0v) is 13.7. The van der Waals surface area contributed by atoms with Gasteiger partial charge in [-0.05, 0) is 42.0 Å². The summed E-state index contributed by atoms with van der Waals surface area (Å²) in [5, 5.41) is 4.11. The molecule has 1 aromatic heterocycles. The van der Waals surface area contributed by atoms with Crippen LogP contribution in [-0.2, 0) is 6.54 Å². The Morgan fingerprint density at radius 2 is 2.00 bits per heavy atom. The van der Waals surface area contributed by atoms with Crippen molar-refractivity contribution < 1.29 is 9.18 Å². The third kappa shape index (κ3) is 2.94. The van der Waals surface area contributed by atoms with Crippen molar-refractivity contribution in [1.29, 1.82) is 0 Å². The lowest BCUT2D eigenvalue weighted by Crippen LogP contribution is -2.36. The quantitative estimate of drug-likeness (QED) is 0.850. The van der Waals surface area contributed by atoms with E-state index in [0.29, 0.717) is 11.8 Å². The highest BCUT2D eigenvalue weighted by Crippen LogP contribution is 2.32. The molecule has 6 heteroatoms. The van der Waals surface area contributed by atoms with Crippen LogP contribution in [0.3, 0.4) is 0 Å². The van der Waals surface area contributed by atoms with Crippen LogP contribution < -0.4 is 0 Å². The summed E-state index contributed by atoms with van der Waals surface area (Å²) in [6.45, 7) is 6.19. The summed E-state index contributed by atoms with van der Waals surface area (Å²) in [5.41, 5.74) is 2.00. The highest BCUT2D eigenvalue weighted by molar-refractivity contribution is 5.76. The molecule has 0 N–H and O–H groups in total. The number of fused-ring (bicyclic) bond motifs is 1. The molecule has 2 atom stereocenters. The number of amides is 1. The molecule has 3 heterocycles. The van der Waals surface area contributed by atoms with Crippen LogP contribution in [0.5, 0.6) is 0 Å². The smallest absolute Gasteiger partial charge is 0.322 e. The molecule has 4 rings (SSSR count). The molecule has 2 fully saturated rings. The molecule has 2 unspecified atom stereocenters. The first-order valence-corrected chi connectivity index (χ1v) is 8.36. The number of hydrogen-bond acceptors (Lipinski definition) is 3. The number of aromatic nitrogens is 2. The zero-order valence-electron chi connectivity index (χ0n) is 13.7. The Bertz CT molecular complexity index is 745. The number of likely N-dealkylation sites (tertiary alicyclic amines) is 2. The van der Waals surface area contributed by atoms with Crippen molar-refractivity contribution >= 4 is 6.03 Å². The van der Waals surface area contributed by atoms with Crippen LogP contribution in [0, 0.1) is 24.6 Å². The zero-order chi connectivity index (χ0) is 16.7. The molecule has 24 heavy (non-hydrogen) atoms. The van der Waals surface area contributed by atoms with E-state index in [1.165, 1.54) is 10.7 Å². The number of nitrogens with zero attached hydrogens (tertiary/aromatic N) is 4. The van der Waals surface area contributed by atoms with Crippen molar-refractivity contribution in [2.24, 2.45) is 11.8 Å². The normalized spacial score (nSPS) is 23.7. The van der Waals surface area contributed by atoms with Crippen LogP contribution in [0.2, 0.25) is 0 Å². The van der Waals surface area contributed by atoms with E-state index in [1.54, 1.807) is 24.5 Å². The molecule has 1 aromatic carbocycles. The van der Waals surface area contributed by atoms with Gasteiger partial charge < -0.3 is 4.90 Å². The fourth-order valence-corrected chi connectivity index (χ4v) is 3.93. The van der Waals surface area contributed by atoms with Crippen molar-refractivity contribution in [3.05, 3.63) is 53.6 Å². The summed E-state index contributed by atoms with van der Waals surface area (Å²) in [6, 6.07) is 6.77. The van der Waals surface area contributed by atoms with Crippen molar-refractivity contribution in [2.75, 3.05) is 26.2 Å². The largest absolute Gasteiger partial charge is 0.344 e. The van der Waals surface area contributed by atoms with Crippen LogP contribution >= 0.6 is 0 Å². The first kappa shape index (κ1) is 15.3. The maximum atomic E-state index is 13.3. The Balaban J connectivity index is 1.36. The Labute approximate surface area is 140 Å². The summed E-state index contributed by atoms with van der Waals surface area (Å²) in [4.78, 5) is 16.7. The van der Waals surface area contributed by atoms with Crippen LogP contribution in [0.1, 0.15) is 11.1 Å². The minimum absolute atomic E-state index is 0.0332. The van der Waals surface area contributed by atoms with E-state index in [0.717, 1.165) is 43.9 Å². The van der Waals surface area contributed by atoms with E-state index in [1.807, 2.05) is 17.9 Å². The molecule has 0 radical (unpaired) electrons. The van der Waals surface area contributed by atoms with Crippen LogP contribution in [0.25, 0.3) is 0 Å². The molecule has 0 aliphatic carbocycles. The summed E-state index contributed by atoms with van der Waals surface area (Å²) >= 11 is 0. The first-order valence-electron chi connectivity index (χ1n) is 8.36. The monoisotopic (exact) mass is 328 g/mol. The number of carbonyl (C=O) groups excluding carboxylic acids is 1. The van der Waals surface area contributed by atoms with Gasteiger partial charge in [0.15, 0.2) is 0 Å². The van der Waals surface area contributed by atoms with E-state index in [9.17, 15) is 9.18 Å². The van der Waals surface area contributed by atoms with Gasteiger partial charge in [-0.1, -0.05) is 12.1 Å². The highest BCUT2D eigenvalue weighted by Gasteiger charge is 2.41. The fraction of sp³-hybridized carbons (Fsp3) is 0.444. The molecular formula is C18H21FN4O. The van der Waals surface area contributed by atoms with Gasteiger partial charge in [-0.3, -0.25) is 4.90 Å². The fourth-order valence-electron chi connectivity index (χ4n) is 3.93. The first-order chi connectivity index (χ1) is 11.6. The third-order valence-electron chi connectivity index (χ3n) is 5.04. The topological polar surface area (TPSA) is 41.4 Å². The summed E-state index contributed by atoms with van der Waals surface area (Å²) < 4.78 is 14.7. The highest BCUT2D eigenvalue weighted by atomic mass is 19.1. The molecule has 2 aliphatic rings. The number of aryl methyl sites for hydroxylation is 1. The van der Waals surface area contributed by atoms with E-state index in [4.69, 9.17) is 0 Å². The predicted octanol–water partition coefficient (Wildman–Crippen LogP) is 2.36. The molecule has 0 spiro atoms. The van der Waals surface area contributed by atoms with Crippen LogP contribution in [-0.4, -0.2) is 51.8 Å². The van der Waals surface area contributed by atoms with Crippen LogP contribution in [0.15, 0.2) is 36.7 Å². The molecule has 2 saturated heterocycles. The van der Waals surface area contributed by atoms with Crippen LogP contribution in [0.4, 0.5) is 9.18 Å². The maximum absolute atomic E-state index is 13.3. The average molecular weight is 328 g/mol. The molecule has 2 aromatic rings. The van der Waals surface area contributed by atoms with Gasteiger partial charge in [-0.25, -0.2) is 9.18 Å². The second kappa shape index (κ2) is 6.02.